The van der Waals surface area contributed by atoms with E-state index in [0.717, 1.165) is 24.0 Å². The van der Waals surface area contributed by atoms with Crippen molar-refractivity contribution < 1.29 is 4.79 Å². The highest BCUT2D eigenvalue weighted by Crippen LogP contribution is 2.12. The highest BCUT2D eigenvalue weighted by molar-refractivity contribution is 5.92. The standard InChI is InChI=1S/C13H17NO/c1-10(2)12(13(14)15)9-8-11-6-4-3-5-7-11/h3-7H,8-9H2,1-2H3,(H2,14,15). The van der Waals surface area contributed by atoms with Gasteiger partial charge >= 0.3 is 0 Å². The van der Waals surface area contributed by atoms with Gasteiger partial charge in [0.25, 0.3) is 0 Å². The topological polar surface area (TPSA) is 43.1 Å². The molecule has 2 nitrogen and oxygen atoms in total. The van der Waals surface area contributed by atoms with Crippen molar-refractivity contribution >= 4 is 5.91 Å². The molecule has 0 radical (unpaired) electrons. The fraction of sp³-hybridized carbons (Fsp3) is 0.308. The molecule has 0 saturated carbocycles. The summed E-state index contributed by atoms with van der Waals surface area (Å²) in [6, 6.07) is 10.1. The molecule has 2 heteroatoms. The van der Waals surface area contributed by atoms with Gasteiger partial charge in [-0.15, -0.1) is 0 Å². The van der Waals surface area contributed by atoms with Crippen LogP contribution in [-0.2, 0) is 11.2 Å². The lowest BCUT2D eigenvalue weighted by Crippen LogP contribution is -2.15. The van der Waals surface area contributed by atoms with Gasteiger partial charge in [-0.1, -0.05) is 35.9 Å². The zero-order valence-corrected chi connectivity index (χ0v) is 9.29. The summed E-state index contributed by atoms with van der Waals surface area (Å²) in [5, 5.41) is 0. The Morgan fingerprint density at radius 3 is 2.27 bits per heavy atom. The van der Waals surface area contributed by atoms with Crippen LogP contribution in [0.25, 0.3) is 0 Å². The minimum Gasteiger partial charge on any atom is -0.366 e. The Bertz CT molecular complexity index is 361. The molecule has 0 fully saturated rings. The molecule has 0 heterocycles. The molecule has 0 aromatic heterocycles. The minimum atomic E-state index is -0.300. The molecular weight excluding hydrogens is 186 g/mol. The van der Waals surface area contributed by atoms with E-state index >= 15 is 0 Å². The molecule has 15 heavy (non-hydrogen) atoms. The summed E-state index contributed by atoms with van der Waals surface area (Å²) in [5.74, 6) is -0.300. The zero-order chi connectivity index (χ0) is 11.3. The number of carbonyl (C=O) groups is 1. The highest BCUT2D eigenvalue weighted by Gasteiger charge is 2.06. The van der Waals surface area contributed by atoms with Gasteiger partial charge in [-0.05, 0) is 32.3 Å². The summed E-state index contributed by atoms with van der Waals surface area (Å²) in [6.07, 6.45) is 1.59. The van der Waals surface area contributed by atoms with E-state index in [4.69, 9.17) is 5.73 Å². The van der Waals surface area contributed by atoms with Crippen molar-refractivity contribution in [2.45, 2.75) is 26.7 Å². The number of hydrogen-bond donors (Lipinski definition) is 1. The van der Waals surface area contributed by atoms with Gasteiger partial charge < -0.3 is 5.73 Å². The number of rotatable bonds is 4. The molecule has 1 aromatic carbocycles. The lowest BCUT2D eigenvalue weighted by Gasteiger charge is -2.05. The van der Waals surface area contributed by atoms with Gasteiger partial charge in [0, 0.05) is 5.57 Å². The summed E-state index contributed by atoms with van der Waals surface area (Å²) < 4.78 is 0. The Kier molecular flexibility index (Phi) is 4.10. The van der Waals surface area contributed by atoms with Gasteiger partial charge in [0.15, 0.2) is 0 Å². The van der Waals surface area contributed by atoms with E-state index in [0.29, 0.717) is 0 Å². The number of nitrogens with two attached hydrogens (primary N) is 1. The number of amides is 1. The van der Waals surface area contributed by atoms with Crippen LogP contribution < -0.4 is 5.73 Å². The van der Waals surface area contributed by atoms with Crippen molar-refractivity contribution in [1.82, 2.24) is 0 Å². The predicted octanol–water partition coefficient (Wildman–Crippen LogP) is 2.44. The second-order valence-corrected chi connectivity index (χ2v) is 3.83. The minimum absolute atomic E-state index is 0.300. The van der Waals surface area contributed by atoms with Gasteiger partial charge in [0.1, 0.15) is 0 Å². The Balaban J connectivity index is 2.64. The molecule has 0 aliphatic rings. The maximum atomic E-state index is 11.1. The van der Waals surface area contributed by atoms with Crippen molar-refractivity contribution in [3.63, 3.8) is 0 Å². The molecule has 0 unspecified atom stereocenters. The maximum absolute atomic E-state index is 11.1. The van der Waals surface area contributed by atoms with E-state index in [-0.39, 0.29) is 5.91 Å². The van der Waals surface area contributed by atoms with Crippen LogP contribution >= 0.6 is 0 Å². The van der Waals surface area contributed by atoms with Gasteiger partial charge in [0.05, 0.1) is 0 Å². The molecule has 0 atom stereocenters. The zero-order valence-electron chi connectivity index (χ0n) is 9.29. The lowest BCUT2D eigenvalue weighted by atomic mass is 10.0. The summed E-state index contributed by atoms with van der Waals surface area (Å²) in [4.78, 5) is 11.1. The molecule has 0 saturated heterocycles. The first-order chi connectivity index (χ1) is 7.11. The van der Waals surface area contributed by atoms with Crippen LogP contribution in [0.3, 0.4) is 0 Å². The number of primary amides is 1. The Hall–Kier alpha value is -1.57. The summed E-state index contributed by atoms with van der Waals surface area (Å²) >= 11 is 0. The van der Waals surface area contributed by atoms with E-state index in [2.05, 4.69) is 12.1 Å². The first-order valence-electron chi connectivity index (χ1n) is 5.11. The molecule has 2 N–H and O–H groups in total. The number of aryl methyl sites for hydroxylation is 1. The van der Waals surface area contributed by atoms with Crippen LogP contribution in [0.15, 0.2) is 41.5 Å². The van der Waals surface area contributed by atoms with Crippen LogP contribution in [-0.4, -0.2) is 5.91 Å². The molecule has 0 spiro atoms. The van der Waals surface area contributed by atoms with Crippen LogP contribution in [0.5, 0.6) is 0 Å². The quantitative estimate of drug-likeness (QED) is 0.750. The van der Waals surface area contributed by atoms with Crippen LogP contribution in [0, 0.1) is 0 Å². The van der Waals surface area contributed by atoms with Gasteiger partial charge in [-0.3, -0.25) is 4.79 Å². The highest BCUT2D eigenvalue weighted by atomic mass is 16.1. The molecule has 80 valence electrons. The van der Waals surface area contributed by atoms with Crippen molar-refractivity contribution in [2.24, 2.45) is 5.73 Å². The van der Waals surface area contributed by atoms with E-state index in [1.807, 2.05) is 32.0 Å². The SMILES string of the molecule is CC(C)=C(CCc1ccccc1)C(N)=O. The Morgan fingerprint density at radius 1 is 1.20 bits per heavy atom. The molecule has 1 aromatic rings. The smallest absolute Gasteiger partial charge is 0.244 e. The third kappa shape index (κ3) is 3.58. The first-order valence-corrected chi connectivity index (χ1v) is 5.11. The lowest BCUT2D eigenvalue weighted by molar-refractivity contribution is -0.114. The largest absolute Gasteiger partial charge is 0.366 e. The second kappa shape index (κ2) is 5.35. The van der Waals surface area contributed by atoms with E-state index in [9.17, 15) is 4.79 Å². The van der Waals surface area contributed by atoms with E-state index in [1.165, 1.54) is 5.56 Å². The van der Waals surface area contributed by atoms with Crippen molar-refractivity contribution in [3.8, 4) is 0 Å². The molecular formula is C13H17NO. The number of hydrogen-bond acceptors (Lipinski definition) is 1. The van der Waals surface area contributed by atoms with Crippen LogP contribution in [0.1, 0.15) is 25.8 Å². The Labute approximate surface area is 90.8 Å². The molecule has 1 amide bonds. The number of benzene rings is 1. The summed E-state index contributed by atoms with van der Waals surface area (Å²) in [6.45, 7) is 3.84. The third-order valence-electron chi connectivity index (χ3n) is 2.41. The summed E-state index contributed by atoms with van der Waals surface area (Å²) in [5.41, 5.74) is 8.30. The van der Waals surface area contributed by atoms with Gasteiger partial charge in [0.2, 0.25) is 5.91 Å². The van der Waals surface area contributed by atoms with Crippen molar-refractivity contribution in [2.75, 3.05) is 0 Å². The Morgan fingerprint density at radius 2 is 1.80 bits per heavy atom. The third-order valence-corrected chi connectivity index (χ3v) is 2.41. The van der Waals surface area contributed by atoms with Gasteiger partial charge in [-0.2, -0.15) is 0 Å². The van der Waals surface area contributed by atoms with E-state index < -0.39 is 0 Å². The average molecular weight is 203 g/mol. The monoisotopic (exact) mass is 203 g/mol. The van der Waals surface area contributed by atoms with Crippen LogP contribution in [0.2, 0.25) is 0 Å². The normalized spacial score (nSPS) is 9.73. The molecule has 0 aliphatic carbocycles. The predicted molar refractivity (Wildman–Crippen MR) is 62.3 cm³/mol. The maximum Gasteiger partial charge on any atom is 0.244 e. The number of allylic oxidation sites excluding steroid dienone is 1. The second-order valence-electron chi connectivity index (χ2n) is 3.83. The fourth-order valence-electron chi connectivity index (χ4n) is 1.53. The fourth-order valence-corrected chi connectivity index (χ4v) is 1.53. The van der Waals surface area contributed by atoms with Crippen LogP contribution in [0.4, 0.5) is 0 Å². The van der Waals surface area contributed by atoms with Crippen molar-refractivity contribution in [1.29, 1.82) is 0 Å². The first kappa shape index (κ1) is 11.5. The summed E-state index contributed by atoms with van der Waals surface area (Å²) in [7, 11) is 0. The van der Waals surface area contributed by atoms with Gasteiger partial charge in [-0.25, -0.2) is 0 Å². The average Bonchev–Trinajstić information content (AvgIpc) is 2.18. The molecule has 0 bridgehead atoms. The molecule has 1 rings (SSSR count). The van der Waals surface area contributed by atoms with Crippen molar-refractivity contribution in [3.05, 3.63) is 47.0 Å². The molecule has 0 aliphatic heterocycles. The number of carbonyl (C=O) groups excluding carboxylic acids is 1. The van der Waals surface area contributed by atoms with E-state index in [1.54, 1.807) is 0 Å².